The van der Waals surface area contributed by atoms with Crippen LogP contribution in [-0.2, 0) is 0 Å². The summed E-state index contributed by atoms with van der Waals surface area (Å²) in [5.74, 6) is 0.623. The van der Waals surface area contributed by atoms with Gasteiger partial charge in [-0.2, -0.15) is 5.10 Å². The number of fused-ring (bicyclic) bond motifs is 1. The fraction of sp³-hybridized carbons (Fsp3) is 0.250. The fourth-order valence-corrected chi connectivity index (χ4v) is 1.03. The van der Waals surface area contributed by atoms with Crippen molar-refractivity contribution in [2.75, 3.05) is 14.1 Å². The molecule has 0 saturated heterocycles. The number of rotatable bonds is 2. The minimum atomic E-state index is 0.623. The van der Waals surface area contributed by atoms with Gasteiger partial charge in [-0.05, 0) is 0 Å². The summed E-state index contributed by atoms with van der Waals surface area (Å²) in [7, 11) is 3.80. The molecule has 2 rings (SSSR count). The van der Waals surface area contributed by atoms with E-state index in [2.05, 4.69) is 25.2 Å². The minimum Gasteiger partial charge on any atom is -0.369 e. The molecule has 6 heteroatoms. The Bertz CT molecular complexity index is 458. The molecule has 2 aromatic rings. The standard InChI is InChI=1S/C8H10N6/c1-14(2)5-11-7-6-3-12-13-8(6)10-4-9-7/h3-5H,1-2H3,(H,9,10,12,13). The molecule has 72 valence electrons. The van der Waals surface area contributed by atoms with E-state index in [4.69, 9.17) is 0 Å². The van der Waals surface area contributed by atoms with E-state index in [1.807, 2.05) is 19.0 Å². The van der Waals surface area contributed by atoms with Gasteiger partial charge in [-0.1, -0.05) is 0 Å². The molecule has 1 N–H and O–H groups in total. The van der Waals surface area contributed by atoms with Crippen molar-refractivity contribution in [3.8, 4) is 0 Å². The Kier molecular flexibility index (Phi) is 2.10. The highest BCUT2D eigenvalue weighted by Gasteiger charge is 2.02. The molecule has 0 bridgehead atoms. The predicted molar refractivity (Wildman–Crippen MR) is 53.5 cm³/mol. The van der Waals surface area contributed by atoms with Crippen molar-refractivity contribution in [1.29, 1.82) is 0 Å². The van der Waals surface area contributed by atoms with E-state index in [1.54, 1.807) is 12.5 Å². The topological polar surface area (TPSA) is 70.1 Å². The van der Waals surface area contributed by atoms with Crippen molar-refractivity contribution < 1.29 is 0 Å². The highest BCUT2D eigenvalue weighted by atomic mass is 15.2. The van der Waals surface area contributed by atoms with Gasteiger partial charge in [0.1, 0.15) is 6.33 Å². The van der Waals surface area contributed by atoms with Crippen LogP contribution in [0.3, 0.4) is 0 Å². The number of aliphatic imine (C=N–C) groups is 1. The first-order valence-electron chi connectivity index (χ1n) is 4.12. The molecule has 0 aliphatic rings. The van der Waals surface area contributed by atoms with Crippen molar-refractivity contribution in [3.63, 3.8) is 0 Å². The summed E-state index contributed by atoms with van der Waals surface area (Å²) in [4.78, 5) is 14.1. The van der Waals surface area contributed by atoms with E-state index < -0.39 is 0 Å². The molecule has 14 heavy (non-hydrogen) atoms. The van der Waals surface area contributed by atoms with Gasteiger partial charge in [-0.3, -0.25) is 5.10 Å². The van der Waals surface area contributed by atoms with Crippen LogP contribution in [0.5, 0.6) is 0 Å². The summed E-state index contributed by atoms with van der Waals surface area (Å²) >= 11 is 0. The van der Waals surface area contributed by atoms with E-state index in [-0.39, 0.29) is 0 Å². The lowest BCUT2D eigenvalue weighted by Crippen LogP contribution is -2.07. The van der Waals surface area contributed by atoms with Gasteiger partial charge in [-0.25, -0.2) is 15.0 Å². The first-order chi connectivity index (χ1) is 6.77. The van der Waals surface area contributed by atoms with Crippen LogP contribution in [0.1, 0.15) is 0 Å². The van der Waals surface area contributed by atoms with Crippen LogP contribution in [0, 0.1) is 0 Å². The molecule has 0 radical (unpaired) electrons. The molecule has 0 aliphatic carbocycles. The zero-order chi connectivity index (χ0) is 9.97. The largest absolute Gasteiger partial charge is 0.369 e. The monoisotopic (exact) mass is 190 g/mol. The molecule has 0 unspecified atom stereocenters. The second-order valence-electron chi connectivity index (χ2n) is 3.04. The van der Waals surface area contributed by atoms with Crippen LogP contribution in [0.15, 0.2) is 17.5 Å². The Morgan fingerprint density at radius 2 is 2.29 bits per heavy atom. The van der Waals surface area contributed by atoms with Crippen molar-refractivity contribution in [2.45, 2.75) is 0 Å². The van der Waals surface area contributed by atoms with Gasteiger partial charge in [0, 0.05) is 14.1 Å². The summed E-state index contributed by atoms with van der Waals surface area (Å²) in [6, 6.07) is 0. The lowest BCUT2D eigenvalue weighted by Gasteiger charge is -2.01. The van der Waals surface area contributed by atoms with E-state index in [0.29, 0.717) is 11.5 Å². The second-order valence-corrected chi connectivity index (χ2v) is 3.04. The van der Waals surface area contributed by atoms with Crippen molar-refractivity contribution in [2.24, 2.45) is 4.99 Å². The van der Waals surface area contributed by atoms with Gasteiger partial charge in [0.15, 0.2) is 11.5 Å². The number of nitrogens with zero attached hydrogens (tertiary/aromatic N) is 5. The van der Waals surface area contributed by atoms with Gasteiger partial charge in [0.2, 0.25) is 0 Å². The average molecular weight is 190 g/mol. The van der Waals surface area contributed by atoms with Crippen LogP contribution in [0.25, 0.3) is 11.0 Å². The summed E-state index contributed by atoms with van der Waals surface area (Å²) in [5.41, 5.74) is 0.700. The zero-order valence-corrected chi connectivity index (χ0v) is 7.97. The highest BCUT2D eigenvalue weighted by Crippen LogP contribution is 2.18. The van der Waals surface area contributed by atoms with Crippen LogP contribution in [-0.4, -0.2) is 45.5 Å². The van der Waals surface area contributed by atoms with Gasteiger partial charge in [0.05, 0.1) is 17.9 Å². The molecule has 0 spiro atoms. The smallest absolute Gasteiger partial charge is 0.167 e. The third kappa shape index (κ3) is 1.54. The molecule has 0 saturated carbocycles. The third-order valence-electron chi connectivity index (χ3n) is 1.64. The SMILES string of the molecule is CN(C)C=Nc1ncnc2[nH]ncc12. The van der Waals surface area contributed by atoms with Crippen LogP contribution in [0.4, 0.5) is 5.82 Å². The first-order valence-corrected chi connectivity index (χ1v) is 4.12. The molecule has 0 atom stereocenters. The Labute approximate surface area is 80.7 Å². The Morgan fingerprint density at radius 1 is 1.43 bits per heavy atom. The number of nitrogens with one attached hydrogen (secondary N) is 1. The molecule has 0 fully saturated rings. The van der Waals surface area contributed by atoms with Crippen LogP contribution < -0.4 is 0 Å². The lowest BCUT2D eigenvalue weighted by molar-refractivity contribution is 0.643. The molecular formula is C8H10N6. The quantitative estimate of drug-likeness (QED) is 0.555. The second kappa shape index (κ2) is 3.41. The Hall–Kier alpha value is -1.98. The highest BCUT2D eigenvalue weighted by molar-refractivity contribution is 5.85. The molecule has 2 heterocycles. The van der Waals surface area contributed by atoms with E-state index in [1.165, 1.54) is 6.33 Å². The number of H-pyrrole nitrogens is 1. The number of aromatic nitrogens is 4. The Morgan fingerprint density at radius 3 is 3.07 bits per heavy atom. The van der Waals surface area contributed by atoms with Crippen molar-refractivity contribution in [3.05, 3.63) is 12.5 Å². The maximum Gasteiger partial charge on any atom is 0.167 e. The summed E-state index contributed by atoms with van der Waals surface area (Å²) in [6.45, 7) is 0. The molecule has 0 amide bonds. The number of hydrogen-bond acceptors (Lipinski definition) is 4. The molecule has 0 aromatic carbocycles. The summed E-state index contributed by atoms with van der Waals surface area (Å²) in [5, 5.41) is 7.46. The van der Waals surface area contributed by atoms with Gasteiger partial charge >= 0.3 is 0 Å². The van der Waals surface area contributed by atoms with E-state index in [0.717, 1.165) is 5.39 Å². The van der Waals surface area contributed by atoms with E-state index >= 15 is 0 Å². The summed E-state index contributed by atoms with van der Waals surface area (Å²) in [6.07, 6.45) is 4.81. The molecule has 2 aromatic heterocycles. The van der Waals surface area contributed by atoms with Crippen molar-refractivity contribution in [1.82, 2.24) is 25.1 Å². The third-order valence-corrected chi connectivity index (χ3v) is 1.64. The Balaban J connectivity index is 2.46. The molecular weight excluding hydrogens is 180 g/mol. The zero-order valence-electron chi connectivity index (χ0n) is 7.97. The van der Waals surface area contributed by atoms with Gasteiger partial charge in [-0.15, -0.1) is 0 Å². The number of hydrogen-bond donors (Lipinski definition) is 1. The summed E-state index contributed by atoms with van der Waals surface area (Å²) < 4.78 is 0. The fourth-order valence-electron chi connectivity index (χ4n) is 1.03. The maximum absolute atomic E-state index is 4.20. The minimum absolute atomic E-state index is 0.623. The predicted octanol–water partition coefficient (Wildman–Crippen LogP) is 0.574. The van der Waals surface area contributed by atoms with Crippen LogP contribution in [0.2, 0.25) is 0 Å². The van der Waals surface area contributed by atoms with Crippen molar-refractivity contribution >= 4 is 23.2 Å². The van der Waals surface area contributed by atoms with E-state index in [9.17, 15) is 0 Å². The first kappa shape index (κ1) is 8.61. The molecule has 0 aliphatic heterocycles. The van der Waals surface area contributed by atoms with Gasteiger partial charge in [0.25, 0.3) is 0 Å². The molecule has 6 nitrogen and oxygen atoms in total. The average Bonchev–Trinajstić information content (AvgIpc) is 2.62. The van der Waals surface area contributed by atoms with Gasteiger partial charge < -0.3 is 4.90 Å². The lowest BCUT2D eigenvalue weighted by atomic mass is 10.4. The normalized spacial score (nSPS) is 11.3. The maximum atomic E-state index is 4.20. The number of aromatic amines is 1. The van der Waals surface area contributed by atoms with Crippen LogP contribution >= 0.6 is 0 Å².